The van der Waals surface area contributed by atoms with Gasteiger partial charge in [0.25, 0.3) is 5.91 Å². The Labute approximate surface area is 184 Å². The van der Waals surface area contributed by atoms with E-state index in [0.717, 1.165) is 11.1 Å². The number of pyridine rings is 1. The van der Waals surface area contributed by atoms with E-state index in [1.807, 2.05) is 38.1 Å². The van der Waals surface area contributed by atoms with Crippen LogP contribution in [0.5, 0.6) is 0 Å². The topological polar surface area (TPSA) is 98.7 Å². The molecule has 9 heteroatoms. The summed E-state index contributed by atoms with van der Waals surface area (Å²) in [4.78, 5) is 21.3. The fourth-order valence-corrected chi connectivity index (χ4v) is 3.28. The quantitative estimate of drug-likeness (QED) is 0.467. The van der Waals surface area contributed by atoms with Crippen molar-refractivity contribution in [1.29, 1.82) is 0 Å². The maximum Gasteiger partial charge on any atom is 0.255 e. The molecule has 8 nitrogen and oxygen atoms in total. The molecule has 0 spiro atoms. The summed E-state index contributed by atoms with van der Waals surface area (Å²) >= 11 is 6.21. The van der Waals surface area contributed by atoms with Crippen LogP contribution < -0.4 is 5.32 Å². The third-order valence-electron chi connectivity index (χ3n) is 4.79. The van der Waals surface area contributed by atoms with Gasteiger partial charge < -0.3 is 9.84 Å². The van der Waals surface area contributed by atoms with Crippen molar-refractivity contribution in [2.45, 2.75) is 26.4 Å². The Morgan fingerprint density at radius 2 is 1.97 bits per heavy atom. The number of amides is 1. The van der Waals surface area contributed by atoms with Gasteiger partial charge in [-0.1, -0.05) is 48.8 Å². The monoisotopic (exact) mass is 436 g/mol. The van der Waals surface area contributed by atoms with Crippen LogP contribution in [0.1, 0.15) is 41.7 Å². The fraction of sp³-hybridized carbons (Fsp3) is 0.227. The Bertz CT molecular complexity index is 1170. The number of rotatable bonds is 7. The second-order valence-corrected chi connectivity index (χ2v) is 7.81. The van der Waals surface area contributed by atoms with Crippen molar-refractivity contribution in [3.8, 4) is 11.4 Å². The third kappa shape index (κ3) is 4.80. The predicted octanol–water partition coefficient (Wildman–Crippen LogP) is 4.16. The number of halogens is 1. The Balaban J connectivity index is 1.48. The maximum atomic E-state index is 12.9. The van der Waals surface area contributed by atoms with Crippen molar-refractivity contribution in [3.05, 3.63) is 83.2 Å². The summed E-state index contributed by atoms with van der Waals surface area (Å²) in [6.07, 6.45) is 6.53. The molecule has 0 radical (unpaired) electrons. The molecule has 4 aromatic rings. The van der Waals surface area contributed by atoms with Crippen molar-refractivity contribution in [3.63, 3.8) is 0 Å². The summed E-state index contributed by atoms with van der Waals surface area (Å²) < 4.78 is 7.12. The van der Waals surface area contributed by atoms with Gasteiger partial charge in [0.2, 0.25) is 11.7 Å². The van der Waals surface area contributed by atoms with Crippen LogP contribution in [0.2, 0.25) is 5.02 Å². The lowest BCUT2D eigenvalue weighted by Gasteiger charge is -2.17. The molecule has 0 aliphatic rings. The number of nitrogens with zero attached hydrogens (tertiary/aromatic N) is 5. The second-order valence-electron chi connectivity index (χ2n) is 7.41. The third-order valence-corrected chi connectivity index (χ3v) is 5.15. The van der Waals surface area contributed by atoms with Gasteiger partial charge in [0.1, 0.15) is 6.04 Å². The van der Waals surface area contributed by atoms with Crippen LogP contribution in [0.4, 0.5) is 0 Å². The number of benzene rings is 1. The Morgan fingerprint density at radius 3 is 2.71 bits per heavy atom. The molecule has 4 rings (SSSR count). The van der Waals surface area contributed by atoms with Gasteiger partial charge in [-0.25, -0.2) is 0 Å². The summed E-state index contributed by atoms with van der Waals surface area (Å²) in [6.45, 7) is 4.42. The lowest BCUT2D eigenvalue weighted by molar-refractivity contribution is 0.0914. The standard InChI is InChI=1S/C22H21ClN6O2/c1-14(2)19(22-27-20(28-31-22)15-7-9-24-10-8-15)26-21(30)17-11-25-29(13-17)12-16-5-3-4-6-18(16)23/h3-11,13-14,19H,12H2,1-2H3,(H,26,30). The maximum absolute atomic E-state index is 12.9. The van der Waals surface area contributed by atoms with E-state index in [9.17, 15) is 4.79 Å². The summed E-state index contributed by atoms with van der Waals surface area (Å²) in [5, 5.41) is 12.0. The highest BCUT2D eigenvalue weighted by atomic mass is 35.5. The summed E-state index contributed by atoms with van der Waals surface area (Å²) in [5.41, 5.74) is 2.15. The fourth-order valence-electron chi connectivity index (χ4n) is 3.09. The molecule has 0 saturated carbocycles. The Kier molecular flexibility index (Phi) is 6.08. The van der Waals surface area contributed by atoms with E-state index in [-0.39, 0.29) is 11.8 Å². The number of aromatic nitrogens is 5. The summed E-state index contributed by atoms with van der Waals surface area (Å²) in [6, 6.07) is 10.7. The van der Waals surface area contributed by atoms with E-state index in [4.69, 9.17) is 16.1 Å². The predicted molar refractivity (Wildman–Crippen MR) is 115 cm³/mol. The van der Waals surface area contributed by atoms with Gasteiger partial charge in [-0.3, -0.25) is 14.5 Å². The first kappa shape index (κ1) is 20.7. The van der Waals surface area contributed by atoms with Gasteiger partial charge in [-0.2, -0.15) is 10.1 Å². The molecular formula is C22H21ClN6O2. The number of nitrogens with one attached hydrogen (secondary N) is 1. The number of carbonyl (C=O) groups is 1. The van der Waals surface area contributed by atoms with E-state index >= 15 is 0 Å². The highest BCUT2D eigenvalue weighted by molar-refractivity contribution is 6.31. The van der Waals surface area contributed by atoms with E-state index in [2.05, 4.69) is 25.5 Å². The van der Waals surface area contributed by atoms with Crippen LogP contribution in [-0.4, -0.2) is 30.8 Å². The number of hydrogen-bond donors (Lipinski definition) is 1. The highest BCUT2D eigenvalue weighted by Gasteiger charge is 2.26. The van der Waals surface area contributed by atoms with E-state index in [1.54, 1.807) is 35.4 Å². The first-order valence-corrected chi connectivity index (χ1v) is 10.2. The minimum Gasteiger partial charge on any atom is -0.340 e. The largest absolute Gasteiger partial charge is 0.340 e. The van der Waals surface area contributed by atoms with Crippen LogP contribution in [-0.2, 0) is 6.54 Å². The molecule has 0 bridgehead atoms. The number of carbonyl (C=O) groups excluding carboxylic acids is 1. The first-order valence-electron chi connectivity index (χ1n) is 9.82. The molecule has 1 N–H and O–H groups in total. The van der Waals surface area contributed by atoms with Crippen LogP contribution in [0.15, 0.2) is 65.7 Å². The highest BCUT2D eigenvalue weighted by Crippen LogP contribution is 2.24. The van der Waals surface area contributed by atoms with Gasteiger partial charge >= 0.3 is 0 Å². The molecule has 0 saturated heterocycles. The summed E-state index contributed by atoms with van der Waals surface area (Å²) in [7, 11) is 0. The van der Waals surface area contributed by atoms with Crippen LogP contribution in [0.3, 0.4) is 0 Å². The van der Waals surface area contributed by atoms with Crippen molar-refractivity contribution >= 4 is 17.5 Å². The Morgan fingerprint density at radius 1 is 1.19 bits per heavy atom. The minimum atomic E-state index is -0.442. The smallest absolute Gasteiger partial charge is 0.255 e. The van der Waals surface area contributed by atoms with Crippen LogP contribution in [0.25, 0.3) is 11.4 Å². The van der Waals surface area contributed by atoms with Gasteiger partial charge in [0, 0.05) is 29.2 Å². The normalized spacial score (nSPS) is 12.1. The van der Waals surface area contributed by atoms with Crippen LogP contribution >= 0.6 is 11.6 Å². The molecule has 1 atom stereocenters. The van der Waals surface area contributed by atoms with Crippen molar-refractivity contribution in [1.82, 2.24) is 30.2 Å². The Hall–Kier alpha value is -3.52. The van der Waals surface area contributed by atoms with Crippen molar-refractivity contribution in [2.75, 3.05) is 0 Å². The number of hydrogen-bond acceptors (Lipinski definition) is 6. The van der Waals surface area contributed by atoms with Crippen molar-refractivity contribution < 1.29 is 9.32 Å². The molecule has 0 aliphatic carbocycles. The summed E-state index contributed by atoms with van der Waals surface area (Å²) in [5.74, 6) is 0.559. The molecule has 0 fully saturated rings. The van der Waals surface area contributed by atoms with Gasteiger partial charge in [-0.15, -0.1) is 0 Å². The van der Waals surface area contributed by atoms with Crippen molar-refractivity contribution in [2.24, 2.45) is 5.92 Å². The van der Waals surface area contributed by atoms with E-state index in [1.165, 1.54) is 6.20 Å². The van der Waals surface area contributed by atoms with Gasteiger partial charge in [-0.05, 0) is 29.7 Å². The molecule has 1 amide bonds. The molecule has 3 aromatic heterocycles. The molecule has 158 valence electrons. The molecule has 3 heterocycles. The molecule has 1 unspecified atom stereocenters. The molecule has 0 aliphatic heterocycles. The average Bonchev–Trinajstić information content (AvgIpc) is 3.44. The van der Waals surface area contributed by atoms with Gasteiger partial charge in [0.15, 0.2) is 0 Å². The minimum absolute atomic E-state index is 0.0351. The lowest BCUT2D eigenvalue weighted by Crippen LogP contribution is -2.31. The zero-order valence-electron chi connectivity index (χ0n) is 17.1. The average molecular weight is 437 g/mol. The zero-order chi connectivity index (χ0) is 21.8. The van der Waals surface area contributed by atoms with Gasteiger partial charge in [0.05, 0.1) is 18.3 Å². The molecule has 31 heavy (non-hydrogen) atoms. The zero-order valence-corrected chi connectivity index (χ0v) is 17.8. The SMILES string of the molecule is CC(C)C(NC(=O)c1cnn(Cc2ccccc2Cl)c1)c1nc(-c2ccncc2)no1. The van der Waals surface area contributed by atoms with E-state index in [0.29, 0.717) is 28.8 Å². The van der Waals surface area contributed by atoms with E-state index < -0.39 is 6.04 Å². The molecular weight excluding hydrogens is 416 g/mol. The first-order chi connectivity index (χ1) is 15.0. The molecule has 1 aromatic carbocycles. The van der Waals surface area contributed by atoms with Crippen LogP contribution in [0, 0.1) is 5.92 Å². The second kappa shape index (κ2) is 9.09. The lowest BCUT2D eigenvalue weighted by atomic mass is 10.0.